The van der Waals surface area contributed by atoms with Crippen LogP contribution >= 0.6 is 11.3 Å². The number of hydrogen-bond acceptors (Lipinski definition) is 3. The van der Waals surface area contributed by atoms with E-state index in [9.17, 15) is 0 Å². The molecule has 0 atom stereocenters. The van der Waals surface area contributed by atoms with Gasteiger partial charge < -0.3 is 10.1 Å². The third-order valence-electron chi connectivity index (χ3n) is 5.17. The molecule has 0 radical (unpaired) electrons. The van der Waals surface area contributed by atoms with Crippen LogP contribution in [0.1, 0.15) is 31.9 Å². The largest absolute Gasteiger partial charge is 0.444 e. The van der Waals surface area contributed by atoms with Gasteiger partial charge in [0.25, 0.3) is 5.69 Å². The molecule has 1 aromatic heterocycles. The summed E-state index contributed by atoms with van der Waals surface area (Å²) in [6, 6.07) is 27.2. The first-order chi connectivity index (χ1) is 15.9. The monoisotopic (exact) mass is 455 g/mol. The normalized spacial score (nSPS) is 11.3. The van der Waals surface area contributed by atoms with Crippen molar-refractivity contribution in [1.29, 1.82) is 0 Å². The van der Waals surface area contributed by atoms with Crippen molar-refractivity contribution in [2.75, 3.05) is 5.32 Å². The highest BCUT2D eigenvalue weighted by Gasteiger charge is 2.34. The summed E-state index contributed by atoms with van der Waals surface area (Å²) in [6.45, 7) is 12.6. The molecule has 0 spiro atoms. The Morgan fingerprint density at radius 2 is 1.61 bits per heavy atom. The lowest BCUT2D eigenvalue weighted by atomic mass is 10.1. The third-order valence-corrected chi connectivity index (χ3v) is 6.11. The molecule has 4 heteroatoms. The molecule has 4 rings (SSSR count). The first-order valence-corrected chi connectivity index (χ1v) is 12.0. The second-order valence-electron chi connectivity index (χ2n) is 9.16. The highest BCUT2D eigenvalue weighted by Crippen LogP contribution is 2.40. The number of benzene rings is 3. The molecule has 1 N–H and O–H groups in total. The van der Waals surface area contributed by atoms with Gasteiger partial charge in [0.2, 0.25) is 5.69 Å². The molecule has 33 heavy (non-hydrogen) atoms. The molecule has 0 aliphatic heterocycles. The van der Waals surface area contributed by atoms with Crippen LogP contribution in [0.2, 0.25) is 0 Å². The van der Waals surface area contributed by atoms with E-state index >= 15 is 0 Å². The summed E-state index contributed by atoms with van der Waals surface area (Å²) in [4.78, 5) is 0. The number of allylic oxidation sites excluding steroid dienone is 1. The van der Waals surface area contributed by atoms with Crippen LogP contribution in [0.3, 0.4) is 0 Å². The van der Waals surface area contributed by atoms with Crippen LogP contribution in [-0.4, -0.2) is 5.54 Å². The summed E-state index contributed by atoms with van der Waals surface area (Å²) in [5, 5.41) is 5.60. The average molecular weight is 456 g/mol. The molecular formula is C29H31N2OS+. The summed E-state index contributed by atoms with van der Waals surface area (Å²) in [6.07, 6.45) is 2.72. The minimum atomic E-state index is -0.103. The highest BCUT2D eigenvalue weighted by atomic mass is 32.1. The Labute approximate surface area is 201 Å². The fraction of sp³-hybridized carbons (Fsp3) is 0.207. The summed E-state index contributed by atoms with van der Waals surface area (Å²) in [7, 11) is 0. The number of rotatable bonds is 7. The zero-order valence-electron chi connectivity index (χ0n) is 19.8. The van der Waals surface area contributed by atoms with Crippen molar-refractivity contribution in [3.63, 3.8) is 0 Å². The van der Waals surface area contributed by atoms with Crippen LogP contribution in [0.15, 0.2) is 91.5 Å². The van der Waals surface area contributed by atoms with Crippen molar-refractivity contribution in [2.24, 2.45) is 0 Å². The molecule has 168 valence electrons. The lowest BCUT2D eigenvalue weighted by Gasteiger charge is -2.20. The number of nitrogens with one attached hydrogen (secondary N) is 1. The Hall–Kier alpha value is -3.37. The van der Waals surface area contributed by atoms with Gasteiger partial charge in [0.05, 0.1) is 0 Å². The van der Waals surface area contributed by atoms with Gasteiger partial charge in [-0.25, -0.2) is 0 Å². The van der Waals surface area contributed by atoms with Crippen LogP contribution in [0.5, 0.6) is 10.9 Å². The standard InChI is InChI=1S/C29H31N2OS/c1-6-12-22-13-10-11-16-25(22)31-26(23-14-8-7-9-15-23)27(30-29(3,4)5)33-28(31)32-24-19-17-21(2)18-20-24/h6-11,13-20,30H,1,12H2,2-5H3/q+1. The number of ether oxygens (including phenoxy) is 1. The Kier molecular flexibility index (Phi) is 6.66. The van der Waals surface area contributed by atoms with Crippen molar-refractivity contribution in [3.05, 3.63) is 103 Å². The SMILES string of the molecule is C=CCc1ccccc1-[n+]1c(Oc2ccc(C)cc2)sc(NC(C)(C)C)c1-c1ccccc1. The van der Waals surface area contributed by atoms with Crippen molar-refractivity contribution in [2.45, 2.75) is 39.7 Å². The number of para-hydroxylation sites is 1. The second kappa shape index (κ2) is 9.63. The maximum absolute atomic E-state index is 6.53. The number of thiazole rings is 1. The van der Waals surface area contributed by atoms with E-state index in [1.807, 2.05) is 24.3 Å². The van der Waals surface area contributed by atoms with E-state index in [0.717, 1.165) is 39.3 Å². The molecule has 3 nitrogen and oxygen atoms in total. The zero-order chi connectivity index (χ0) is 23.4. The molecular weight excluding hydrogens is 424 g/mol. The smallest absolute Gasteiger partial charge is 0.396 e. The maximum atomic E-state index is 6.53. The van der Waals surface area contributed by atoms with Gasteiger partial charge in [-0.3, -0.25) is 0 Å². The molecule has 0 saturated heterocycles. The Balaban J connectivity index is 1.99. The second-order valence-corrected chi connectivity index (χ2v) is 10.1. The fourth-order valence-corrected chi connectivity index (χ4v) is 4.96. The summed E-state index contributed by atoms with van der Waals surface area (Å²) >= 11 is 1.63. The van der Waals surface area contributed by atoms with Crippen LogP contribution < -0.4 is 14.6 Å². The molecule has 0 fully saturated rings. The first kappa shape index (κ1) is 22.8. The van der Waals surface area contributed by atoms with Crippen LogP contribution in [0.25, 0.3) is 16.9 Å². The zero-order valence-corrected chi connectivity index (χ0v) is 20.6. The van der Waals surface area contributed by atoms with Crippen molar-refractivity contribution in [3.8, 4) is 27.9 Å². The van der Waals surface area contributed by atoms with E-state index in [4.69, 9.17) is 4.74 Å². The molecule has 4 aromatic rings. The van der Waals surface area contributed by atoms with Gasteiger partial charge in [-0.2, -0.15) is 0 Å². The van der Waals surface area contributed by atoms with E-state index in [1.165, 1.54) is 11.1 Å². The number of aryl methyl sites for hydroxylation is 1. The molecule has 0 unspecified atom stereocenters. The number of anilines is 1. The summed E-state index contributed by atoms with van der Waals surface area (Å²) < 4.78 is 8.77. The third kappa shape index (κ3) is 5.35. The lowest BCUT2D eigenvalue weighted by Crippen LogP contribution is -2.35. The first-order valence-electron chi connectivity index (χ1n) is 11.2. The number of nitrogens with zero attached hydrogens (tertiary/aromatic N) is 1. The minimum absolute atomic E-state index is 0.103. The van der Waals surface area contributed by atoms with Gasteiger partial charge in [-0.15, -0.1) is 11.1 Å². The maximum Gasteiger partial charge on any atom is 0.444 e. The number of hydrogen-bond donors (Lipinski definition) is 1. The van der Waals surface area contributed by atoms with E-state index in [2.05, 4.69) is 105 Å². The predicted octanol–water partition coefficient (Wildman–Crippen LogP) is 7.73. The van der Waals surface area contributed by atoms with Gasteiger partial charge >= 0.3 is 5.19 Å². The fourth-order valence-electron chi connectivity index (χ4n) is 3.71. The van der Waals surface area contributed by atoms with Crippen LogP contribution in [0.4, 0.5) is 5.00 Å². The lowest BCUT2D eigenvalue weighted by molar-refractivity contribution is -0.584. The predicted molar refractivity (Wildman–Crippen MR) is 140 cm³/mol. The Morgan fingerprint density at radius 3 is 2.27 bits per heavy atom. The molecule has 0 aliphatic rings. The Bertz CT molecular complexity index is 1240. The van der Waals surface area contributed by atoms with Crippen molar-refractivity contribution >= 4 is 16.3 Å². The minimum Gasteiger partial charge on any atom is -0.396 e. The number of aromatic nitrogens is 1. The molecule has 1 heterocycles. The Morgan fingerprint density at radius 1 is 0.939 bits per heavy atom. The van der Waals surface area contributed by atoms with Crippen molar-refractivity contribution < 1.29 is 9.30 Å². The van der Waals surface area contributed by atoms with Gasteiger partial charge in [0.1, 0.15) is 5.75 Å². The van der Waals surface area contributed by atoms with E-state index in [-0.39, 0.29) is 5.54 Å². The molecule has 0 amide bonds. The average Bonchev–Trinajstić information content (AvgIpc) is 3.12. The molecule has 0 saturated carbocycles. The van der Waals surface area contributed by atoms with Crippen LogP contribution in [0, 0.1) is 6.92 Å². The van der Waals surface area contributed by atoms with Gasteiger partial charge in [0, 0.05) is 22.7 Å². The molecule has 0 bridgehead atoms. The molecule has 3 aromatic carbocycles. The van der Waals surface area contributed by atoms with Gasteiger partial charge in [-0.1, -0.05) is 60.2 Å². The van der Waals surface area contributed by atoms with E-state index in [1.54, 1.807) is 11.3 Å². The summed E-state index contributed by atoms with van der Waals surface area (Å²) in [5.41, 5.74) is 5.62. The van der Waals surface area contributed by atoms with Crippen molar-refractivity contribution in [1.82, 2.24) is 0 Å². The van der Waals surface area contributed by atoms with Crippen LogP contribution in [-0.2, 0) is 6.42 Å². The topological polar surface area (TPSA) is 25.1 Å². The quantitative estimate of drug-likeness (QED) is 0.228. The van der Waals surface area contributed by atoms with Gasteiger partial charge in [-0.05, 0) is 69.7 Å². The highest BCUT2D eigenvalue weighted by molar-refractivity contribution is 7.17. The van der Waals surface area contributed by atoms with E-state index in [0.29, 0.717) is 0 Å². The summed E-state index contributed by atoms with van der Waals surface area (Å²) in [5.74, 6) is 0.818. The van der Waals surface area contributed by atoms with E-state index < -0.39 is 0 Å². The van der Waals surface area contributed by atoms with Gasteiger partial charge in [0.15, 0.2) is 5.00 Å². The molecule has 0 aliphatic carbocycles.